The number of hydrogen-bond acceptors (Lipinski definition) is 3. The van der Waals surface area contributed by atoms with Crippen LogP contribution in [-0.2, 0) is 16.0 Å². The van der Waals surface area contributed by atoms with Gasteiger partial charge in [-0.1, -0.05) is 35.9 Å². The number of H-pyrrole nitrogens is 1. The molecule has 3 rings (SSSR count). The number of nitrogens with one attached hydrogen (secondary N) is 1. The van der Waals surface area contributed by atoms with E-state index in [0.29, 0.717) is 24.5 Å². The lowest BCUT2D eigenvalue weighted by Gasteiger charge is -2.15. The molecule has 0 fully saturated rings. The zero-order valence-electron chi connectivity index (χ0n) is 13.5. The number of para-hydroxylation sites is 2. The van der Waals surface area contributed by atoms with Gasteiger partial charge < -0.3 is 9.72 Å². The van der Waals surface area contributed by atoms with Crippen molar-refractivity contribution in [2.45, 2.75) is 25.7 Å². The molecule has 1 N–H and O–H groups in total. The maximum Gasteiger partial charge on any atom is 0.306 e. The van der Waals surface area contributed by atoms with Gasteiger partial charge in [-0.05, 0) is 36.8 Å². The van der Waals surface area contributed by atoms with Crippen LogP contribution >= 0.6 is 11.6 Å². The minimum Gasteiger partial charge on any atom is -0.466 e. The third kappa shape index (κ3) is 3.95. The van der Waals surface area contributed by atoms with E-state index in [-0.39, 0.29) is 11.9 Å². The molecule has 0 aliphatic heterocycles. The first-order chi connectivity index (χ1) is 11.7. The number of aromatic amines is 1. The fourth-order valence-electron chi connectivity index (χ4n) is 2.80. The maximum absolute atomic E-state index is 12.0. The monoisotopic (exact) mass is 342 g/mol. The van der Waals surface area contributed by atoms with E-state index in [1.165, 1.54) is 0 Å². The van der Waals surface area contributed by atoms with Crippen molar-refractivity contribution in [1.82, 2.24) is 9.97 Å². The van der Waals surface area contributed by atoms with E-state index in [2.05, 4.69) is 9.97 Å². The molecule has 5 heteroatoms. The minimum absolute atomic E-state index is 0.0121. The predicted molar refractivity (Wildman–Crippen MR) is 95.2 cm³/mol. The molecule has 1 aromatic heterocycles. The Labute approximate surface area is 145 Å². The molecule has 24 heavy (non-hydrogen) atoms. The molecule has 0 radical (unpaired) electrons. The summed E-state index contributed by atoms with van der Waals surface area (Å²) in [7, 11) is 0. The van der Waals surface area contributed by atoms with Crippen LogP contribution in [0.1, 0.15) is 30.7 Å². The summed E-state index contributed by atoms with van der Waals surface area (Å²) in [5.41, 5.74) is 2.98. The van der Waals surface area contributed by atoms with Gasteiger partial charge in [0.15, 0.2) is 0 Å². The number of ether oxygens (including phenoxy) is 1. The summed E-state index contributed by atoms with van der Waals surface area (Å²) in [6.45, 7) is 2.20. The van der Waals surface area contributed by atoms with E-state index in [9.17, 15) is 4.79 Å². The summed E-state index contributed by atoms with van der Waals surface area (Å²) in [4.78, 5) is 19.9. The molecule has 3 aromatic rings. The normalized spacial score (nSPS) is 12.2. The Morgan fingerprint density at radius 1 is 1.21 bits per heavy atom. The molecule has 124 valence electrons. The highest BCUT2D eigenvalue weighted by molar-refractivity contribution is 6.30. The molecule has 0 amide bonds. The Bertz CT molecular complexity index is 794. The van der Waals surface area contributed by atoms with E-state index in [1.54, 1.807) is 0 Å². The first-order valence-electron chi connectivity index (χ1n) is 8.00. The van der Waals surface area contributed by atoms with Gasteiger partial charge in [-0.25, -0.2) is 4.98 Å². The second-order valence-electron chi connectivity index (χ2n) is 5.66. The number of imidazole rings is 1. The number of nitrogens with zero attached hydrogens (tertiary/aromatic N) is 1. The van der Waals surface area contributed by atoms with Crippen LogP contribution in [0.4, 0.5) is 0 Å². The van der Waals surface area contributed by atoms with Crippen LogP contribution in [0.3, 0.4) is 0 Å². The molecule has 1 heterocycles. The lowest BCUT2D eigenvalue weighted by molar-refractivity contribution is -0.143. The van der Waals surface area contributed by atoms with Crippen molar-refractivity contribution < 1.29 is 9.53 Å². The standard InChI is InChI=1S/C19H19ClN2O2/c1-2-24-19(23)12-14(13-7-9-15(20)10-8-13)11-18-21-16-5-3-4-6-17(16)22-18/h3-10,14H,2,11-12H2,1H3,(H,21,22). The third-order valence-electron chi connectivity index (χ3n) is 3.94. The van der Waals surface area contributed by atoms with Gasteiger partial charge in [0, 0.05) is 17.4 Å². The van der Waals surface area contributed by atoms with Gasteiger partial charge in [0.05, 0.1) is 24.1 Å². The second-order valence-corrected chi connectivity index (χ2v) is 6.10. The lowest BCUT2D eigenvalue weighted by atomic mass is 9.92. The van der Waals surface area contributed by atoms with Crippen LogP contribution < -0.4 is 0 Å². The smallest absolute Gasteiger partial charge is 0.306 e. The quantitative estimate of drug-likeness (QED) is 0.671. The van der Waals surface area contributed by atoms with Crippen molar-refractivity contribution in [3.05, 3.63) is 64.9 Å². The molecule has 2 aromatic carbocycles. The molecule has 0 aliphatic rings. The van der Waals surface area contributed by atoms with Crippen molar-refractivity contribution in [2.75, 3.05) is 6.61 Å². The topological polar surface area (TPSA) is 55.0 Å². The maximum atomic E-state index is 12.0. The summed E-state index contributed by atoms with van der Waals surface area (Å²) < 4.78 is 5.12. The Hall–Kier alpha value is -2.33. The van der Waals surface area contributed by atoms with E-state index in [0.717, 1.165) is 22.4 Å². The molecule has 1 atom stereocenters. The average Bonchev–Trinajstić information content (AvgIpc) is 2.97. The van der Waals surface area contributed by atoms with Crippen molar-refractivity contribution in [2.24, 2.45) is 0 Å². The van der Waals surface area contributed by atoms with Crippen molar-refractivity contribution >= 4 is 28.6 Å². The van der Waals surface area contributed by atoms with Crippen molar-refractivity contribution in [3.63, 3.8) is 0 Å². The van der Waals surface area contributed by atoms with Crippen molar-refractivity contribution in [1.29, 1.82) is 0 Å². The second kappa shape index (κ2) is 7.49. The van der Waals surface area contributed by atoms with Gasteiger partial charge in [0.2, 0.25) is 0 Å². The lowest BCUT2D eigenvalue weighted by Crippen LogP contribution is -2.13. The van der Waals surface area contributed by atoms with Crippen LogP contribution in [-0.4, -0.2) is 22.5 Å². The van der Waals surface area contributed by atoms with Gasteiger partial charge in [0.1, 0.15) is 5.82 Å². The van der Waals surface area contributed by atoms with Crippen LogP contribution in [0, 0.1) is 0 Å². The highest BCUT2D eigenvalue weighted by atomic mass is 35.5. The molecule has 0 saturated heterocycles. The van der Waals surface area contributed by atoms with Crippen LogP contribution in [0.15, 0.2) is 48.5 Å². The van der Waals surface area contributed by atoms with Gasteiger partial charge in [-0.15, -0.1) is 0 Å². The van der Waals surface area contributed by atoms with Crippen molar-refractivity contribution in [3.8, 4) is 0 Å². The summed E-state index contributed by atoms with van der Waals surface area (Å²) in [5.74, 6) is 0.649. The highest BCUT2D eigenvalue weighted by Gasteiger charge is 2.19. The highest BCUT2D eigenvalue weighted by Crippen LogP contribution is 2.26. The van der Waals surface area contributed by atoms with Gasteiger partial charge >= 0.3 is 5.97 Å². The third-order valence-corrected chi connectivity index (χ3v) is 4.19. The van der Waals surface area contributed by atoms with E-state index < -0.39 is 0 Å². The fourth-order valence-corrected chi connectivity index (χ4v) is 2.93. The van der Waals surface area contributed by atoms with Crippen LogP contribution in [0.25, 0.3) is 11.0 Å². The summed E-state index contributed by atoms with van der Waals surface area (Å²) >= 11 is 5.98. The van der Waals surface area contributed by atoms with E-state index >= 15 is 0 Å². The molecule has 0 saturated carbocycles. The number of carbonyl (C=O) groups excluding carboxylic acids is 1. The average molecular weight is 343 g/mol. The SMILES string of the molecule is CCOC(=O)CC(Cc1nc2ccccc2[nH]1)c1ccc(Cl)cc1. The van der Waals surface area contributed by atoms with E-state index in [4.69, 9.17) is 16.3 Å². The first kappa shape index (κ1) is 16.5. The number of rotatable bonds is 6. The molecule has 4 nitrogen and oxygen atoms in total. The number of halogens is 1. The summed E-state index contributed by atoms with van der Waals surface area (Å²) in [6.07, 6.45) is 0.946. The number of benzene rings is 2. The van der Waals surface area contributed by atoms with E-state index in [1.807, 2.05) is 55.5 Å². The summed E-state index contributed by atoms with van der Waals surface area (Å²) in [6, 6.07) is 15.5. The van der Waals surface area contributed by atoms with Crippen LogP contribution in [0.5, 0.6) is 0 Å². The largest absolute Gasteiger partial charge is 0.466 e. The van der Waals surface area contributed by atoms with Crippen LogP contribution in [0.2, 0.25) is 5.02 Å². The number of esters is 1. The molecule has 0 spiro atoms. The van der Waals surface area contributed by atoms with Gasteiger partial charge in [-0.3, -0.25) is 4.79 Å². The molecular weight excluding hydrogens is 324 g/mol. The van der Waals surface area contributed by atoms with Gasteiger partial charge in [0.25, 0.3) is 0 Å². The Kier molecular flexibility index (Phi) is 5.16. The Morgan fingerprint density at radius 2 is 1.96 bits per heavy atom. The zero-order chi connectivity index (χ0) is 16.9. The fraction of sp³-hybridized carbons (Fsp3) is 0.263. The zero-order valence-corrected chi connectivity index (χ0v) is 14.2. The molecular formula is C19H19ClN2O2. The first-order valence-corrected chi connectivity index (χ1v) is 8.38. The molecule has 1 unspecified atom stereocenters. The van der Waals surface area contributed by atoms with Gasteiger partial charge in [-0.2, -0.15) is 0 Å². The molecule has 0 bridgehead atoms. The number of fused-ring (bicyclic) bond motifs is 1. The molecule has 0 aliphatic carbocycles. The summed E-state index contributed by atoms with van der Waals surface area (Å²) in [5, 5.41) is 0.678. The number of aromatic nitrogens is 2. The Morgan fingerprint density at radius 3 is 2.67 bits per heavy atom. The number of hydrogen-bond donors (Lipinski definition) is 1. The predicted octanol–water partition coefficient (Wildman–Crippen LogP) is 4.50. The number of carbonyl (C=O) groups is 1. The Balaban J connectivity index is 1.85. The minimum atomic E-state index is -0.200.